The number of benzene rings is 1. The Bertz CT molecular complexity index is 1130. The number of hydrogen-bond acceptors (Lipinski definition) is 7. The molecule has 0 aliphatic rings. The maximum absolute atomic E-state index is 13.1. The number of carbonyl (C=O) groups excluding carboxylic acids is 1. The quantitative estimate of drug-likeness (QED) is 0.469. The van der Waals surface area contributed by atoms with Crippen LogP contribution in [0.1, 0.15) is 47.2 Å². The Hall–Kier alpha value is -3.43. The second-order valence-corrected chi connectivity index (χ2v) is 6.84. The van der Waals surface area contributed by atoms with E-state index < -0.39 is 17.8 Å². The molecule has 0 aliphatic carbocycles. The molecule has 7 nitrogen and oxygen atoms in total. The molecule has 1 atom stereocenters. The molecular weight excluding hydrogens is 399 g/mol. The highest BCUT2D eigenvalue weighted by Gasteiger charge is 2.31. The SMILES string of the molecule is COc1nc2nc(C)nc(NC(C)c3cc(N)cc(C(F)(F)F)c3)c2cc1C(C)=O. The number of methoxy groups -OCH3 is 1. The number of fused-ring (bicyclic) bond motifs is 1. The first-order valence-corrected chi connectivity index (χ1v) is 8.98. The third-order valence-electron chi connectivity index (χ3n) is 4.49. The third kappa shape index (κ3) is 4.27. The van der Waals surface area contributed by atoms with Gasteiger partial charge in [-0.1, -0.05) is 0 Å². The highest BCUT2D eigenvalue weighted by molar-refractivity contribution is 6.01. The number of Topliss-reactive ketones (excluding diaryl/α,β-unsaturated/α-hetero) is 1. The summed E-state index contributed by atoms with van der Waals surface area (Å²) in [6, 6.07) is 4.36. The summed E-state index contributed by atoms with van der Waals surface area (Å²) in [5.41, 5.74) is 5.72. The summed E-state index contributed by atoms with van der Waals surface area (Å²) < 4.78 is 44.6. The summed E-state index contributed by atoms with van der Waals surface area (Å²) in [6.07, 6.45) is -4.51. The average Bonchev–Trinajstić information content (AvgIpc) is 2.65. The smallest absolute Gasteiger partial charge is 0.416 e. The first kappa shape index (κ1) is 21.3. The fraction of sp³-hybridized carbons (Fsp3) is 0.300. The van der Waals surface area contributed by atoms with Crippen LogP contribution in [0.4, 0.5) is 24.7 Å². The van der Waals surface area contributed by atoms with E-state index in [0.717, 1.165) is 12.1 Å². The molecule has 10 heteroatoms. The number of hydrogen-bond donors (Lipinski definition) is 2. The number of nitrogens with one attached hydrogen (secondary N) is 1. The van der Waals surface area contributed by atoms with Crippen LogP contribution in [0.25, 0.3) is 11.0 Å². The molecule has 0 aliphatic heterocycles. The van der Waals surface area contributed by atoms with E-state index in [1.807, 2.05) is 0 Å². The number of nitrogens with zero attached hydrogens (tertiary/aromatic N) is 3. The topological polar surface area (TPSA) is 103 Å². The largest absolute Gasteiger partial charge is 0.480 e. The van der Waals surface area contributed by atoms with Gasteiger partial charge < -0.3 is 15.8 Å². The van der Waals surface area contributed by atoms with Crippen LogP contribution in [0.3, 0.4) is 0 Å². The van der Waals surface area contributed by atoms with Gasteiger partial charge in [-0.2, -0.15) is 18.2 Å². The number of carbonyl (C=O) groups is 1. The van der Waals surface area contributed by atoms with Gasteiger partial charge in [0, 0.05) is 5.69 Å². The second-order valence-electron chi connectivity index (χ2n) is 6.84. The zero-order valence-corrected chi connectivity index (χ0v) is 16.8. The van der Waals surface area contributed by atoms with Gasteiger partial charge in [0.2, 0.25) is 5.88 Å². The van der Waals surface area contributed by atoms with Crippen LogP contribution in [-0.4, -0.2) is 27.8 Å². The maximum Gasteiger partial charge on any atom is 0.416 e. The van der Waals surface area contributed by atoms with Crippen LogP contribution in [0, 0.1) is 6.92 Å². The van der Waals surface area contributed by atoms with E-state index in [9.17, 15) is 18.0 Å². The fourth-order valence-corrected chi connectivity index (χ4v) is 3.04. The normalized spacial score (nSPS) is 12.6. The molecule has 0 amide bonds. The van der Waals surface area contributed by atoms with Gasteiger partial charge in [-0.05, 0) is 50.6 Å². The van der Waals surface area contributed by atoms with Crippen LogP contribution in [0.5, 0.6) is 5.88 Å². The summed E-state index contributed by atoms with van der Waals surface area (Å²) in [5.74, 6) is 0.605. The van der Waals surface area contributed by atoms with Crippen molar-refractivity contribution in [2.24, 2.45) is 0 Å². The molecule has 0 radical (unpaired) electrons. The molecule has 158 valence electrons. The number of nitrogens with two attached hydrogens (primary N) is 1. The number of aromatic nitrogens is 3. The van der Waals surface area contributed by atoms with E-state index in [-0.39, 0.29) is 22.9 Å². The molecule has 30 heavy (non-hydrogen) atoms. The molecule has 2 aromatic heterocycles. The highest BCUT2D eigenvalue weighted by atomic mass is 19.4. The molecule has 0 saturated carbocycles. The van der Waals surface area contributed by atoms with Crippen molar-refractivity contribution < 1.29 is 22.7 Å². The Morgan fingerprint density at radius 3 is 2.47 bits per heavy atom. The van der Waals surface area contributed by atoms with Gasteiger partial charge in [0.15, 0.2) is 11.4 Å². The Morgan fingerprint density at radius 1 is 1.17 bits per heavy atom. The van der Waals surface area contributed by atoms with Gasteiger partial charge in [0.05, 0.1) is 29.7 Å². The van der Waals surface area contributed by atoms with Gasteiger partial charge in [-0.15, -0.1) is 0 Å². The zero-order valence-electron chi connectivity index (χ0n) is 16.8. The van der Waals surface area contributed by atoms with Gasteiger partial charge >= 0.3 is 6.18 Å². The van der Waals surface area contributed by atoms with Crippen molar-refractivity contribution in [1.29, 1.82) is 0 Å². The molecular formula is C20H20F3N5O2. The molecule has 1 unspecified atom stereocenters. The van der Waals surface area contributed by atoms with Crippen molar-refractivity contribution in [3.8, 4) is 5.88 Å². The first-order chi connectivity index (χ1) is 14.0. The number of ether oxygens (including phenoxy) is 1. The van der Waals surface area contributed by atoms with E-state index in [0.29, 0.717) is 28.2 Å². The van der Waals surface area contributed by atoms with E-state index in [4.69, 9.17) is 10.5 Å². The molecule has 3 N–H and O–H groups in total. The number of rotatable bonds is 5. The monoisotopic (exact) mass is 419 g/mol. The van der Waals surface area contributed by atoms with Gasteiger partial charge in [0.1, 0.15) is 11.6 Å². The minimum Gasteiger partial charge on any atom is -0.480 e. The summed E-state index contributed by atoms with van der Waals surface area (Å²) in [4.78, 5) is 24.8. The van der Waals surface area contributed by atoms with Crippen molar-refractivity contribution in [2.75, 3.05) is 18.2 Å². The van der Waals surface area contributed by atoms with E-state index >= 15 is 0 Å². The lowest BCUT2D eigenvalue weighted by atomic mass is 10.0. The van der Waals surface area contributed by atoms with Crippen molar-refractivity contribution >= 4 is 28.3 Å². The minimum absolute atomic E-state index is 0.00229. The van der Waals surface area contributed by atoms with Crippen molar-refractivity contribution in [1.82, 2.24) is 15.0 Å². The third-order valence-corrected chi connectivity index (χ3v) is 4.49. The highest BCUT2D eigenvalue weighted by Crippen LogP contribution is 2.34. The average molecular weight is 419 g/mol. The molecule has 3 aromatic rings. The summed E-state index contributed by atoms with van der Waals surface area (Å²) in [5, 5.41) is 3.53. The van der Waals surface area contributed by atoms with Crippen molar-refractivity contribution in [3.05, 3.63) is 46.8 Å². The molecule has 0 spiro atoms. The molecule has 0 saturated heterocycles. The Labute approximate surface area is 170 Å². The molecule has 3 rings (SSSR count). The van der Waals surface area contributed by atoms with Crippen LogP contribution < -0.4 is 15.8 Å². The number of anilines is 2. The molecule has 1 aromatic carbocycles. The van der Waals surface area contributed by atoms with Crippen LogP contribution in [0.2, 0.25) is 0 Å². The van der Waals surface area contributed by atoms with E-state index in [1.54, 1.807) is 19.9 Å². The zero-order chi connectivity index (χ0) is 22.2. The Kier molecular flexibility index (Phi) is 5.51. The number of halogens is 3. The fourth-order valence-electron chi connectivity index (χ4n) is 3.04. The number of aryl methyl sites for hydroxylation is 1. The first-order valence-electron chi connectivity index (χ1n) is 8.98. The lowest BCUT2D eigenvalue weighted by Gasteiger charge is -2.19. The lowest BCUT2D eigenvalue weighted by molar-refractivity contribution is -0.137. The van der Waals surface area contributed by atoms with Crippen molar-refractivity contribution in [3.63, 3.8) is 0 Å². The maximum atomic E-state index is 13.1. The summed E-state index contributed by atoms with van der Waals surface area (Å²) >= 11 is 0. The standard InChI is InChI=1S/C20H20F3N5O2/c1-9(12-5-13(20(21,22)23)7-14(24)6-12)25-17-16-8-15(10(2)29)19(30-4)28-18(16)27-11(3)26-17/h5-9H,24H2,1-4H3,(H,25,26,27,28). The lowest BCUT2D eigenvalue weighted by Crippen LogP contribution is -2.13. The van der Waals surface area contributed by atoms with E-state index in [2.05, 4.69) is 20.3 Å². The number of pyridine rings is 1. The predicted octanol–water partition coefficient (Wildman–Crippen LogP) is 4.32. The summed E-state index contributed by atoms with van der Waals surface area (Å²) in [6.45, 7) is 4.72. The van der Waals surface area contributed by atoms with Gasteiger partial charge in [-0.3, -0.25) is 4.79 Å². The van der Waals surface area contributed by atoms with Crippen molar-refractivity contribution in [2.45, 2.75) is 33.0 Å². The van der Waals surface area contributed by atoms with Crippen LogP contribution >= 0.6 is 0 Å². The Morgan fingerprint density at radius 2 is 1.87 bits per heavy atom. The van der Waals surface area contributed by atoms with Gasteiger partial charge in [-0.25, -0.2) is 9.97 Å². The minimum atomic E-state index is -4.51. The van der Waals surface area contributed by atoms with Crippen LogP contribution in [0.15, 0.2) is 24.3 Å². The van der Waals surface area contributed by atoms with Gasteiger partial charge in [0.25, 0.3) is 0 Å². The molecule has 2 heterocycles. The molecule has 0 fully saturated rings. The number of nitrogen functional groups attached to an aromatic ring is 1. The van der Waals surface area contributed by atoms with Crippen LogP contribution in [-0.2, 0) is 6.18 Å². The number of alkyl halides is 3. The molecule has 0 bridgehead atoms. The second kappa shape index (κ2) is 7.77. The van der Waals surface area contributed by atoms with E-state index in [1.165, 1.54) is 20.1 Å². The predicted molar refractivity (Wildman–Crippen MR) is 107 cm³/mol. The Balaban J connectivity index is 2.08. The summed E-state index contributed by atoms with van der Waals surface area (Å²) in [7, 11) is 1.40. The number of ketones is 1.